The Hall–Kier alpha value is -3.06. The standard InChI is InChI=1S/C17H13N3O/c18-11-14-6-1-3-7-15(14)19-17(21)12-20-10-9-13-5-2-4-8-16(13)20/h1-10H,12H2,(H,19,21). The summed E-state index contributed by atoms with van der Waals surface area (Å²) in [5, 5.41) is 12.9. The van der Waals surface area contributed by atoms with Crippen molar-refractivity contribution in [2.45, 2.75) is 6.54 Å². The van der Waals surface area contributed by atoms with Crippen molar-refractivity contribution in [2.75, 3.05) is 5.32 Å². The van der Waals surface area contributed by atoms with Crippen molar-refractivity contribution in [3.63, 3.8) is 0 Å². The zero-order valence-corrected chi connectivity index (χ0v) is 11.3. The first-order chi connectivity index (χ1) is 10.3. The highest BCUT2D eigenvalue weighted by atomic mass is 16.1. The first kappa shape index (κ1) is 12.9. The molecule has 0 unspecified atom stereocenters. The molecular formula is C17H13N3O. The number of nitrogens with one attached hydrogen (secondary N) is 1. The van der Waals surface area contributed by atoms with E-state index in [9.17, 15) is 4.79 Å². The minimum atomic E-state index is -0.154. The molecule has 0 saturated carbocycles. The van der Waals surface area contributed by atoms with E-state index in [1.807, 2.05) is 41.1 Å². The van der Waals surface area contributed by atoms with Gasteiger partial charge in [0.2, 0.25) is 5.91 Å². The Morgan fingerprint density at radius 2 is 1.86 bits per heavy atom. The highest BCUT2D eigenvalue weighted by molar-refractivity contribution is 5.93. The Morgan fingerprint density at radius 1 is 1.10 bits per heavy atom. The van der Waals surface area contributed by atoms with Crippen molar-refractivity contribution < 1.29 is 4.79 Å². The number of para-hydroxylation sites is 2. The van der Waals surface area contributed by atoms with E-state index in [1.165, 1.54) is 0 Å². The van der Waals surface area contributed by atoms with Crippen molar-refractivity contribution in [3.8, 4) is 6.07 Å². The summed E-state index contributed by atoms with van der Waals surface area (Å²) in [5.74, 6) is -0.154. The fraction of sp³-hybridized carbons (Fsp3) is 0.0588. The number of fused-ring (bicyclic) bond motifs is 1. The molecule has 0 saturated heterocycles. The number of nitriles is 1. The van der Waals surface area contributed by atoms with Gasteiger partial charge >= 0.3 is 0 Å². The fourth-order valence-electron chi connectivity index (χ4n) is 2.31. The summed E-state index contributed by atoms with van der Waals surface area (Å²) in [6.45, 7) is 0.216. The van der Waals surface area contributed by atoms with Crippen LogP contribution in [-0.2, 0) is 11.3 Å². The first-order valence-corrected chi connectivity index (χ1v) is 6.61. The molecule has 1 N–H and O–H groups in total. The van der Waals surface area contributed by atoms with Crippen LogP contribution in [0.4, 0.5) is 5.69 Å². The Labute approximate surface area is 122 Å². The first-order valence-electron chi connectivity index (χ1n) is 6.61. The lowest BCUT2D eigenvalue weighted by Gasteiger charge is -2.08. The minimum absolute atomic E-state index is 0.154. The van der Waals surface area contributed by atoms with Gasteiger partial charge in [0.15, 0.2) is 0 Å². The van der Waals surface area contributed by atoms with Gasteiger partial charge in [-0.25, -0.2) is 0 Å². The van der Waals surface area contributed by atoms with Crippen molar-refractivity contribution in [3.05, 3.63) is 66.4 Å². The lowest BCUT2D eigenvalue weighted by Crippen LogP contribution is -2.18. The van der Waals surface area contributed by atoms with Crippen LogP contribution in [0.2, 0.25) is 0 Å². The maximum Gasteiger partial charge on any atom is 0.244 e. The summed E-state index contributed by atoms with van der Waals surface area (Å²) in [6, 6.07) is 18.9. The number of hydrogen-bond donors (Lipinski definition) is 1. The summed E-state index contributed by atoms with van der Waals surface area (Å²) < 4.78 is 1.89. The third kappa shape index (κ3) is 2.63. The summed E-state index contributed by atoms with van der Waals surface area (Å²) in [6.07, 6.45) is 1.89. The predicted octanol–water partition coefficient (Wildman–Crippen LogP) is 3.15. The molecule has 102 valence electrons. The molecule has 0 aliphatic rings. The van der Waals surface area contributed by atoms with E-state index in [4.69, 9.17) is 5.26 Å². The largest absolute Gasteiger partial charge is 0.338 e. The Kier molecular flexibility index (Phi) is 3.40. The Balaban J connectivity index is 1.79. The zero-order chi connectivity index (χ0) is 14.7. The molecule has 0 aliphatic heterocycles. The quantitative estimate of drug-likeness (QED) is 0.798. The van der Waals surface area contributed by atoms with Crippen molar-refractivity contribution in [1.82, 2.24) is 4.57 Å². The van der Waals surface area contributed by atoms with Crippen molar-refractivity contribution in [2.24, 2.45) is 0 Å². The maximum atomic E-state index is 12.2. The van der Waals surface area contributed by atoms with Gasteiger partial charge in [0.25, 0.3) is 0 Å². The summed E-state index contributed by atoms with van der Waals surface area (Å²) in [7, 11) is 0. The highest BCUT2D eigenvalue weighted by Gasteiger charge is 2.08. The van der Waals surface area contributed by atoms with Crippen LogP contribution in [0.25, 0.3) is 10.9 Å². The smallest absolute Gasteiger partial charge is 0.244 e. The number of amides is 1. The van der Waals surface area contributed by atoms with E-state index >= 15 is 0 Å². The number of rotatable bonds is 3. The molecule has 4 nitrogen and oxygen atoms in total. The van der Waals surface area contributed by atoms with Gasteiger partial charge in [-0.2, -0.15) is 5.26 Å². The average Bonchev–Trinajstić information content (AvgIpc) is 2.91. The van der Waals surface area contributed by atoms with Gasteiger partial charge < -0.3 is 9.88 Å². The van der Waals surface area contributed by atoms with E-state index in [0.717, 1.165) is 10.9 Å². The molecule has 1 heterocycles. The van der Waals surface area contributed by atoms with Crippen molar-refractivity contribution >= 4 is 22.5 Å². The predicted molar refractivity (Wildman–Crippen MR) is 81.7 cm³/mol. The lowest BCUT2D eigenvalue weighted by atomic mass is 10.2. The van der Waals surface area contributed by atoms with Gasteiger partial charge in [0.1, 0.15) is 12.6 Å². The molecule has 1 aromatic heterocycles. The molecular weight excluding hydrogens is 262 g/mol. The molecule has 0 radical (unpaired) electrons. The third-order valence-electron chi connectivity index (χ3n) is 3.32. The molecule has 3 rings (SSSR count). The normalized spacial score (nSPS) is 10.2. The zero-order valence-electron chi connectivity index (χ0n) is 11.3. The van der Waals surface area contributed by atoms with Crippen LogP contribution in [0.3, 0.4) is 0 Å². The van der Waals surface area contributed by atoms with Gasteiger partial charge in [-0.15, -0.1) is 0 Å². The van der Waals surface area contributed by atoms with E-state index < -0.39 is 0 Å². The van der Waals surface area contributed by atoms with E-state index in [1.54, 1.807) is 24.3 Å². The molecule has 0 fully saturated rings. The monoisotopic (exact) mass is 275 g/mol. The van der Waals surface area contributed by atoms with E-state index in [0.29, 0.717) is 11.3 Å². The molecule has 3 aromatic rings. The summed E-state index contributed by atoms with van der Waals surface area (Å²) in [5.41, 5.74) is 2.02. The maximum absolute atomic E-state index is 12.2. The van der Waals surface area contributed by atoms with Gasteiger partial charge in [0.05, 0.1) is 11.3 Å². The minimum Gasteiger partial charge on any atom is -0.338 e. The number of carbonyl (C=O) groups excluding carboxylic acids is 1. The topological polar surface area (TPSA) is 57.8 Å². The molecule has 1 amide bonds. The molecule has 0 atom stereocenters. The second-order valence-corrected chi connectivity index (χ2v) is 4.71. The molecule has 0 aliphatic carbocycles. The van der Waals surface area contributed by atoms with Crippen LogP contribution in [-0.4, -0.2) is 10.5 Å². The molecule has 0 bridgehead atoms. The van der Waals surface area contributed by atoms with E-state index in [2.05, 4.69) is 11.4 Å². The van der Waals surface area contributed by atoms with Crippen LogP contribution >= 0.6 is 0 Å². The molecule has 2 aromatic carbocycles. The third-order valence-corrected chi connectivity index (χ3v) is 3.32. The number of carbonyl (C=O) groups is 1. The molecule has 0 spiro atoms. The van der Waals surface area contributed by atoms with Gasteiger partial charge in [-0.05, 0) is 29.7 Å². The van der Waals surface area contributed by atoms with Gasteiger partial charge in [0, 0.05) is 11.7 Å². The molecule has 21 heavy (non-hydrogen) atoms. The number of aromatic nitrogens is 1. The lowest BCUT2D eigenvalue weighted by molar-refractivity contribution is -0.116. The number of nitrogens with zero attached hydrogens (tertiary/aromatic N) is 2. The number of hydrogen-bond acceptors (Lipinski definition) is 2. The number of anilines is 1. The SMILES string of the molecule is N#Cc1ccccc1NC(=O)Cn1ccc2ccccc21. The second kappa shape index (κ2) is 5.51. The highest BCUT2D eigenvalue weighted by Crippen LogP contribution is 2.16. The summed E-state index contributed by atoms with van der Waals surface area (Å²) in [4.78, 5) is 12.2. The van der Waals surface area contributed by atoms with E-state index in [-0.39, 0.29) is 12.5 Å². The van der Waals surface area contributed by atoms with Crippen LogP contribution in [0.5, 0.6) is 0 Å². The number of benzene rings is 2. The van der Waals surface area contributed by atoms with Gasteiger partial charge in [-0.3, -0.25) is 4.79 Å². The van der Waals surface area contributed by atoms with Gasteiger partial charge in [-0.1, -0.05) is 30.3 Å². The second-order valence-electron chi connectivity index (χ2n) is 4.71. The average molecular weight is 275 g/mol. The van der Waals surface area contributed by atoms with Crippen LogP contribution in [0.1, 0.15) is 5.56 Å². The Bertz CT molecular complexity index is 842. The molecule has 4 heteroatoms. The fourth-order valence-corrected chi connectivity index (χ4v) is 2.31. The van der Waals surface area contributed by atoms with Crippen LogP contribution in [0, 0.1) is 11.3 Å². The van der Waals surface area contributed by atoms with Crippen LogP contribution in [0.15, 0.2) is 60.8 Å². The summed E-state index contributed by atoms with van der Waals surface area (Å²) >= 11 is 0. The Morgan fingerprint density at radius 3 is 2.71 bits per heavy atom. The van der Waals surface area contributed by atoms with Crippen molar-refractivity contribution in [1.29, 1.82) is 5.26 Å². The van der Waals surface area contributed by atoms with Crippen LogP contribution < -0.4 is 5.32 Å².